The standard InChI is InChI=1S/C22H24N6O2/c1-30-16-8-6-15(7-9-16)18-14-25-21(23)20(26-18)22(29)27-17-4-2-3-5-19(17)28-12-10-24-11-13-28/h2-9,14,24H,10-13H2,1H3,(H2,23,25)(H,27,29). The molecular formula is C22H24N6O2. The quantitative estimate of drug-likeness (QED) is 0.600. The molecule has 2 heterocycles. The van der Waals surface area contributed by atoms with Crippen molar-refractivity contribution in [1.82, 2.24) is 15.3 Å². The van der Waals surface area contributed by atoms with Crippen LogP contribution in [0.25, 0.3) is 11.3 Å². The van der Waals surface area contributed by atoms with Gasteiger partial charge in [0.1, 0.15) is 5.75 Å². The molecule has 4 N–H and O–H groups in total. The van der Waals surface area contributed by atoms with Crippen molar-refractivity contribution in [2.45, 2.75) is 0 Å². The van der Waals surface area contributed by atoms with Gasteiger partial charge in [-0.15, -0.1) is 0 Å². The molecule has 0 bridgehead atoms. The highest BCUT2D eigenvalue weighted by Gasteiger charge is 2.19. The van der Waals surface area contributed by atoms with Crippen LogP contribution in [0.15, 0.2) is 54.7 Å². The SMILES string of the molecule is COc1ccc(-c2cnc(N)c(C(=O)Nc3ccccc3N3CCNCC3)n2)cc1. The lowest BCUT2D eigenvalue weighted by molar-refractivity contribution is 0.102. The average molecular weight is 404 g/mol. The minimum Gasteiger partial charge on any atom is -0.497 e. The Morgan fingerprint density at radius 1 is 1.13 bits per heavy atom. The number of rotatable bonds is 5. The fourth-order valence-corrected chi connectivity index (χ4v) is 3.41. The van der Waals surface area contributed by atoms with Crippen LogP contribution in [0, 0.1) is 0 Å². The van der Waals surface area contributed by atoms with Gasteiger partial charge in [0.05, 0.1) is 30.4 Å². The van der Waals surface area contributed by atoms with E-state index in [1.807, 2.05) is 48.5 Å². The minimum atomic E-state index is -0.391. The number of piperazine rings is 1. The number of nitrogen functional groups attached to an aromatic ring is 1. The first-order valence-electron chi connectivity index (χ1n) is 9.78. The number of hydrogen-bond acceptors (Lipinski definition) is 7. The first-order valence-corrected chi connectivity index (χ1v) is 9.78. The molecule has 30 heavy (non-hydrogen) atoms. The number of methoxy groups -OCH3 is 1. The van der Waals surface area contributed by atoms with E-state index in [-0.39, 0.29) is 11.5 Å². The first-order chi connectivity index (χ1) is 14.7. The second kappa shape index (κ2) is 8.79. The summed E-state index contributed by atoms with van der Waals surface area (Å²) in [6.45, 7) is 3.57. The maximum Gasteiger partial charge on any atom is 0.278 e. The molecule has 0 spiro atoms. The molecule has 8 heteroatoms. The van der Waals surface area contributed by atoms with Crippen LogP contribution in [-0.2, 0) is 0 Å². The van der Waals surface area contributed by atoms with Gasteiger partial charge in [0.15, 0.2) is 11.5 Å². The lowest BCUT2D eigenvalue weighted by Crippen LogP contribution is -2.43. The average Bonchev–Trinajstić information content (AvgIpc) is 2.80. The molecule has 1 aliphatic heterocycles. The van der Waals surface area contributed by atoms with Gasteiger partial charge in [-0.3, -0.25) is 4.79 Å². The zero-order valence-electron chi connectivity index (χ0n) is 16.8. The van der Waals surface area contributed by atoms with Crippen LogP contribution in [0.3, 0.4) is 0 Å². The van der Waals surface area contributed by atoms with E-state index in [4.69, 9.17) is 10.5 Å². The number of aromatic nitrogens is 2. The van der Waals surface area contributed by atoms with E-state index in [1.54, 1.807) is 13.3 Å². The second-order valence-corrected chi connectivity index (χ2v) is 6.93. The van der Waals surface area contributed by atoms with Crippen LogP contribution >= 0.6 is 0 Å². The van der Waals surface area contributed by atoms with Crippen LogP contribution in [0.4, 0.5) is 17.2 Å². The third-order valence-electron chi connectivity index (χ3n) is 5.01. The van der Waals surface area contributed by atoms with E-state index >= 15 is 0 Å². The maximum absolute atomic E-state index is 13.0. The number of nitrogens with two attached hydrogens (primary N) is 1. The largest absolute Gasteiger partial charge is 0.497 e. The van der Waals surface area contributed by atoms with Crippen molar-refractivity contribution in [1.29, 1.82) is 0 Å². The smallest absolute Gasteiger partial charge is 0.278 e. The summed E-state index contributed by atoms with van der Waals surface area (Å²) in [5.41, 5.74) is 9.15. The molecule has 0 atom stereocenters. The third kappa shape index (κ3) is 4.18. The molecule has 1 saturated heterocycles. The Morgan fingerprint density at radius 3 is 2.60 bits per heavy atom. The van der Waals surface area contributed by atoms with Crippen LogP contribution in [0.2, 0.25) is 0 Å². The lowest BCUT2D eigenvalue weighted by Gasteiger charge is -2.31. The summed E-state index contributed by atoms with van der Waals surface area (Å²) in [4.78, 5) is 23.9. The highest BCUT2D eigenvalue weighted by atomic mass is 16.5. The highest BCUT2D eigenvalue weighted by molar-refractivity contribution is 6.07. The van der Waals surface area contributed by atoms with E-state index in [1.165, 1.54) is 0 Å². The summed E-state index contributed by atoms with van der Waals surface area (Å²) in [5.74, 6) is 0.437. The van der Waals surface area contributed by atoms with E-state index in [0.29, 0.717) is 5.69 Å². The van der Waals surface area contributed by atoms with Gasteiger partial charge in [-0.1, -0.05) is 12.1 Å². The predicted molar refractivity (Wildman–Crippen MR) is 118 cm³/mol. The zero-order valence-corrected chi connectivity index (χ0v) is 16.8. The van der Waals surface area contributed by atoms with Crippen LogP contribution in [-0.4, -0.2) is 49.2 Å². The van der Waals surface area contributed by atoms with Gasteiger partial charge in [0.25, 0.3) is 5.91 Å². The van der Waals surface area contributed by atoms with Crippen LogP contribution < -0.4 is 26.0 Å². The van der Waals surface area contributed by atoms with Crippen molar-refractivity contribution in [3.8, 4) is 17.0 Å². The molecule has 0 radical (unpaired) electrons. The molecular weight excluding hydrogens is 380 g/mol. The zero-order chi connectivity index (χ0) is 20.9. The first kappa shape index (κ1) is 19.7. The topological polar surface area (TPSA) is 105 Å². The molecule has 0 unspecified atom stereocenters. The van der Waals surface area contributed by atoms with Crippen molar-refractivity contribution in [2.75, 3.05) is 49.2 Å². The minimum absolute atomic E-state index is 0.0874. The Kier molecular flexibility index (Phi) is 5.76. The van der Waals surface area contributed by atoms with E-state index in [2.05, 4.69) is 25.5 Å². The maximum atomic E-state index is 13.0. The normalized spacial score (nSPS) is 13.7. The fraction of sp³-hybridized carbons (Fsp3) is 0.227. The van der Waals surface area contributed by atoms with Crippen molar-refractivity contribution in [3.63, 3.8) is 0 Å². The molecule has 2 aromatic carbocycles. The Balaban J connectivity index is 1.59. The van der Waals surface area contributed by atoms with Gasteiger partial charge in [-0.2, -0.15) is 0 Å². The van der Waals surface area contributed by atoms with E-state index in [9.17, 15) is 4.79 Å². The molecule has 0 saturated carbocycles. The van der Waals surface area contributed by atoms with E-state index in [0.717, 1.165) is 48.9 Å². The summed E-state index contributed by atoms with van der Waals surface area (Å²) >= 11 is 0. The number of carbonyl (C=O) groups is 1. The van der Waals surface area contributed by atoms with Gasteiger partial charge in [-0.05, 0) is 36.4 Å². The van der Waals surface area contributed by atoms with E-state index < -0.39 is 5.91 Å². The Labute approximate surface area is 175 Å². The molecule has 4 rings (SSSR count). The highest BCUT2D eigenvalue weighted by Crippen LogP contribution is 2.27. The van der Waals surface area contributed by atoms with Gasteiger partial charge < -0.3 is 26.0 Å². The molecule has 1 fully saturated rings. The third-order valence-corrected chi connectivity index (χ3v) is 5.01. The molecule has 154 valence electrons. The van der Waals surface area contributed by atoms with Crippen molar-refractivity contribution < 1.29 is 9.53 Å². The van der Waals surface area contributed by atoms with Crippen molar-refractivity contribution in [2.24, 2.45) is 0 Å². The molecule has 0 aliphatic carbocycles. The summed E-state index contributed by atoms with van der Waals surface area (Å²) in [7, 11) is 1.61. The van der Waals surface area contributed by atoms with Gasteiger partial charge >= 0.3 is 0 Å². The molecule has 1 amide bonds. The summed E-state index contributed by atoms with van der Waals surface area (Å²) in [6, 6.07) is 15.1. The van der Waals surface area contributed by atoms with Gasteiger partial charge in [-0.25, -0.2) is 9.97 Å². The number of ether oxygens (including phenoxy) is 1. The Bertz CT molecular complexity index is 1030. The second-order valence-electron chi connectivity index (χ2n) is 6.93. The van der Waals surface area contributed by atoms with Crippen LogP contribution in [0.1, 0.15) is 10.5 Å². The number of nitrogens with one attached hydrogen (secondary N) is 2. The number of para-hydroxylation sites is 2. The number of carbonyl (C=O) groups excluding carboxylic acids is 1. The van der Waals surface area contributed by atoms with Crippen molar-refractivity contribution >= 4 is 23.1 Å². The fourth-order valence-electron chi connectivity index (χ4n) is 3.41. The van der Waals surface area contributed by atoms with Gasteiger partial charge in [0.2, 0.25) is 0 Å². The summed E-state index contributed by atoms with van der Waals surface area (Å²) in [6.07, 6.45) is 1.56. The molecule has 1 aromatic heterocycles. The number of anilines is 3. The number of amides is 1. The van der Waals surface area contributed by atoms with Crippen LogP contribution in [0.5, 0.6) is 5.75 Å². The molecule has 1 aliphatic rings. The number of hydrogen-bond donors (Lipinski definition) is 3. The lowest BCUT2D eigenvalue weighted by atomic mass is 10.1. The summed E-state index contributed by atoms with van der Waals surface area (Å²) in [5, 5.41) is 6.29. The number of nitrogens with zero attached hydrogens (tertiary/aromatic N) is 3. The Morgan fingerprint density at radius 2 is 1.87 bits per heavy atom. The Hall–Kier alpha value is -3.65. The van der Waals surface area contributed by atoms with Crippen molar-refractivity contribution in [3.05, 3.63) is 60.4 Å². The predicted octanol–water partition coefficient (Wildman–Crippen LogP) is 2.40. The summed E-state index contributed by atoms with van der Waals surface area (Å²) < 4.78 is 5.19. The van der Waals surface area contributed by atoms with Gasteiger partial charge in [0, 0.05) is 31.7 Å². The monoisotopic (exact) mass is 404 g/mol. The molecule has 3 aromatic rings. The number of benzene rings is 2. The molecule has 8 nitrogen and oxygen atoms in total.